The molecule has 0 spiro atoms. The van der Waals surface area contributed by atoms with Crippen molar-refractivity contribution in [3.63, 3.8) is 0 Å². The molecule has 0 aromatic carbocycles. The van der Waals surface area contributed by atoms with Crippen LogP contribution in [-0.2, 0) is 14.3 Å². The summed E-state index contributed by atoms with van der Waals surface area (Å²) in [5, 5.41) is 0. The van der Waals surface area contributed by atoms with Gasteiger partial charge in [0, 0.05) is 12.8 Å². The summed E-state index contributed by atoms with van der Waals surface area (Å²) in [5.74, 6) is 0.325. The van der Waals surface area contributed by atoms with Gasteiger partial charge in [-0.25, -0.2) is 0 Å². The lowest BCUT2D eigenvalue weighted by Crippen LogP contribution is -2.23. The molecule has 1 aliphatic carbocycles. The van der Waals surface area contributed by atoms with E-state index in [0.29, 0.717) is 24.2 Å². The number of ketones is 1. The number of ether oxygens (including phenoxy) is 1. The summed E-state index contributed by atoms with van der Waals surface area (Å²) in [5.41, 5.74) is 1.06. The highest BCUT2D eigenvalue weighted by molar-refractivity contribution is 6.03. The zero-order valence-electron chi connectivity index (χ0n) is 12.6. The standard InChI is InChI=1S/C16H24O3/c1-6-7-8-14(19-15(18)16(3,4)5)12-9-11(2)10-13(12)17/h9H,6-8,10H2,1-5H3/b14-12-. The lowest BCUT2D eigenvalue weighted by atomic mass is 9.97. The molecule has 0 unspecified atom stereocenters. The van der Waals surface area contributed by atoms with Gasteiger partial charge >= 0.3 is 5.97 Å². The number of allylic oxidation sites excluding steroid dienone is 4. The first kappa shape index (κ1) is 15.7. The highest BCUT2D eigenvalue weighted by Gasteiger charge is 2.27. The largest absolute Gasteiger partial charge is 0.430 e. The van der Waals surface area contributed by atoms with Gasteiger partial charge in [-0.05, 0) is 40.2 Å². The third-order valence-electron chi connectivity index (χ3n) is 3.02. The minimum Gasteiger partial charge on any atom is -0.430 e. The molecule has 0 aromatic heterocycles. The summed E-state index contributed by atoms with van der Waals surface area (Å²) >= 11 is 0. The van der Waals surface area contributed by atoms with Crippen molar-refractivity contribution < 1.29 is 14.3 Å². The predicted molar refractivity (Wildman–Crippen MR) is 75.5 cm³/mol. The number of carbonyl (C=O) groups excluding carboxylic acids is 2. The van der Waals surface area contributed by atoms with Crippen LogP contribution in [0.15, 0.2) is 23.0 Å². The summed E-state index contributed by atoms with van der Waals surface area (Å²) in [6, 6.07) is 0. The van der Waals surface area contributed by atoms with Gasteiger partial charge in [0.2, 0.25) is 0 Å². The second kappa shape index (κ2) is 6.18. The van der Waals surface area contributed by atoms with E-state index in [9.17, 15) is 9.59 Å². The van der Waals surface area contributed by atoms with Crippen molar-refractivity contribution in [3.8, 4) is 0 Å². The molecule has 0 bridgehead atoms. The first-order valence-electron chi connectivity index (χ1n) is 6.91. The van der Waals surface area contributed by atoms with Gasteiger partial charge in [0.25, 0.3) is 0 Å². The molecule has 0 aliphatic heterocycles. The molecule has 0 aromatic rings. The molecule has 3 heteroatoms. The molecule has 0 N–H and O–H groups in total. The van der Waals surface area contributed by atoms with Crippen LogP contribution in [0.1, 0.15) is 60.3 Å². The van der Waals surface area contributed by atoms with Gasteiger partial charge < -0.3 is 4.74 Å². The molecule has 0 atom stereocenters. The minimum atomic E-state index is -0.557. The van der Waals surface area contributed by atoms with Crippen molar-refractivity contribution in [2.24, 2.45) is 5.41 Å². The molecule has 0 saturated heterocycles. The molecule has 1 rings (SSSR count). The summed E-state index contributed by atoms with van der Waals surface area (Å²) in [7, 11) is 0. The highest BCUT2D eigenvalue weighted by Crippen LogP contribution is 2.28. The second-order valence-corrected chi connectivity index (χ2v) is 6.17. The SMILES string of the molecule is CCCC/C(OC(=O)C(C)(C)C)=C1\C=C(C)CC1=O. The fourth-order valence-corrected chi connectivity index (χ4v) is 1.81. The molecule has 0 fully saturated rings. The van der Waals surface area contributed by atoms with Crippen LogP contribution < -0.4 is 0 Å². The lowest BCUT2D eigenvalue weighted by Gasteiger charge is -2.19. The Morgan fingerprint density at radius 3 is 2.42 bits per heavy atom. The molecule has 19 heavy (non-hydrogen) atoms. The Bertz CT molecular complexity index is 433. The lowest BCUT2D eigenvalue weighted by molar-refractivity contribution is -0.148. The molecular weight excluding hydrogens is 240 g/mol. The third-order valence-corrected chi connectivity index (χ3v) is 3.02. The van der Waals surface area contributed by atoms with E-state index in [1.54, 1.807) is 0 Å². The Hall–Kier alpha value is -1.38. The quantitative estimate of drug-likeness (QED) is 0.439. The van der Waals surface area contributed by atoms with Gasteiger partial charge in [-0.1, -0.05) is 18.9 Å². The Labute approximate surface area is 115 Å². The van der Waals surface area contributed by atoms with Crippen LogP contribution in [0.25, 0.3) is 0 Å². The van der Waals surface area contributed by atoms with E-state index >= 15 is 0 Å². The van der Waals surface area contributed by atoms with E-state index in [0.717, 1.165) is 18.4 Å². The number of hydrogen-bond acceptors (Lipinski definition) is 3. The van der Waals surface area contributed by atoms with Gasteiger partial charge in [-0.3, -0.25) is 9.59 Å². The molecular formula is C16H24O3. The Balaban J connectivity index is 2.99. The number of unbranched alkanes of at least 4 members (excludes halogenated alkanes) is 1. The van der Waals surface area contributed by atoms with Crippen LogP contribution in [0, 0.1) is 5.41 Å². The van der Waals surface area contributed by atoms with Crippen LogP contribution in [0.5, 0.6) is 0 Å². The van der Waals surface area contributed by atoms with E-state index < -0.39 is 5.41 Å². The number of Topliss-reactive ketones (excluding diaryl/α,β-unsaturated/α-hetero) is 1. The van der Waals surface area contributed by atoms with E-state index in [1.165, 1.54) is 0 Å². The molecule has 0 heterocycles. The molecule has 1 aliphatic rings. The average Bonchev–Trinajstić information content (AvgIpc) is 2.62. The maximum Gasteiger partial charge on any atom is 0.316 e. The Morgan fingerprint density at radius 1 is 1.37 bits per heavy atom. The fourth-order valence-electron chi connectivity index (χ4n) is 1.81. The van der Waals surface area contributed by atoms with Crippen molar-refractivity contribution in [2.75, 3.05) is 0 Å². The molecule has 3 nitrogen and oxygen atoms in total. The minimum absolute atomic E-state index is 0.0605. The maximum atomic E-state index is 12.0. The number of rotatable bonds is 4. The zero-order chi connectivity index (χ0) is 14.6. The molecule has 0 saturated carbocycles. The monoisotopic (exact) mass is 264 g/mol. The Kier molecular flexibility index (Phi) is 5.10. The summed E-state index contributed by atoms with van der Waals surface area (Å²) < 4.78 is 5.49. The van der Waals surface area contributed by atoms with Crippen molar-refractivity contribution in [2.45, 2.75) is 60.3 Å². The van der Waals surface area contributed by atoms with Crippen molar-refractivity contribution in [3.05, 3.63) is 23.0 Å². The van der Waals surface area contributed by atoms with Crippen molar-refractivity contribution in [1.82, 2.24) is 0 Å². The first-order valence-corrected chi connectivity index (χ1v) is 6.91. The fraction of sp³-hybridized carbons (Fsp3) is 0.625. The van der Waals surface area contributed by atoms with Crippen molar-refractivity contribution >= 4 is 11.8 Å². The number of esters is 1. The molecule has 0 radical (unpaired) electrons. The van der Waals surface area contributed by atoms with E-state index in [1.807, 2.05) is 33.8 Å². The van der Waals surface area contributed by atoms with Crippen molar-refractivity contribution in [1.29, 1.82) is 0 Å². The van der Waals surface area contributed by atoms with Crippen LogP contribution >= 0.6 is 0 Å². The van der Waals surface area contributed by atoms with E-state index in [2.05, 4.69) is 6.92 Å². The maximum absolute atomic E-state index is 12.0. The molecule has 106 valence electrons. The van der Waals surface area contributed by atoms with E-state index in [-0.39, 0.29) is 11.8 Å². The normalized spacial score (nSPS) is 18.4. The van der Waals surface area contributed by atoms with Gasteiger partial charge in [0.1, 0.15) is 5.76 Å². The number of hydrogen-bond donors (Lipinski definition) is 0. The average molecular weight is 264 g/mol. The van der Waals surface area contributed by atoms with Crippen LogP contribution in [0.2, 0.25) is 0 Å². The summed E-state index contributed by atoms with van der Waals surface area (Å²) in [6.07, 6.45) is 4.85. The summed E-state index contributed by atoms with van der Waals surface area (Å²) in [6.45, 7) is 9.44. The predicted octanol–water partition coefficient (Wildman–Crippen LogP) is 3.94. The van der Waals surface area contributed by atoms with Gasteiger partial charge in [0.05, 0.1) is 11.0 Å². The van der Waals surface area contributed by atoms with Gasteiger partial charge in [0.15, 0.2) is 5.78 Å². The van der Waals surface area contributed by atoms with Crippen LogP contribution in [-0.4, -0.2) is 11.8 Å². The topological polar surface area (TPSA) is 43.4 Å². The highest BCUT2D eigenvalue weighted by atomic mass is 16.5. The van der Waals surface area contributed by atoms with Gasteiger partial charge in [-0.2, -0.15) is 0 Å². The second-order valence-electron chi connectivity index (χ2n) is 6.17. The van der Waals surface area contributed by atoms with E-state index in [4.69, 9.17) is 4.74 Å². The van der Waals surface area contributed by atoms with Crippen LogP contribution in [0.3, 0.4) is 0 Å². The molecule has 0 amide bonds. The van der Waals surface area contributed by atoms with Crippen LogP contribution in [0.4, 0.5) is 0 Å². The summed E-state index contributed by atoms with van der Waals surface area (Å²) in [4.78, 5) is 23.9. The first-order chi connectivity index (χ1) is 8.75. The smallest absolute Gasteiger partial charge is 0.316 e. The third kappa shape index (κ3) is 4.34. The zero-order valence-corrected chi connectivity index (χ0v) is 12.6. The Morgan fingerprint density at radius 2 is 2.00 bits per heavy atom. The van der Waals surface area contributed by atoms with Gasteiger partial charge in [-0.15, -0.1) is 0 Å². The number of carbonyl (C=O) groups is 2.